The fourth-order valence-electron chi connectivity index (χ4n) is 1.65. The van der Waals surface area contributed by atoms with Crippen LogP contribution < -0.4 is 4.74 Å². The summed E-state index contributed by atoms with van der Waals surface area (Å²) in [5.74, 6) is -1.43. The van der Waals surface area contributed by atoms with Crippen LogP contribution in [0.15, 0.2) is 42.5 Å². The van der Waals surface area contributed by atoms with E-state index in [0.29, 0.717) is 16.9 Å². The molecule has 6 heteroatoms. The molecule has 0 fully saturated rings. The highest BCUT2D eigenvalue weighted by Crippen LogP contribution is 2.22. The average molecular weight is 301 g/mol. The van der Waals surface area contributed by atoms with E-state index in [1.54, 1.807) is 44.2 Å². The molecular formula is C16H15NO5. The minimum atomic E-state index is -1.27. The second-order valence-corrected chi connectivity index (χ2v) is 4.27. The van der Waals surface area contributed by atoms with Gasteiger partial charge in [-0.05, 0) is 30.2 Å². The zero-order chi connectivity index (χ0) is 16.7. The van der Waals surface area contributed by atoms with Gasteiger partial charge in [0.15, 0.2) is 0 Å². The molecule has 0 aliphatic rings. The van der Waals surface area contributed by atoms with Crippen LogP contribution in [0.4, 0.5) is 0 Å². The van der Waals surface area contributed by atoms with Gasteiger partial charge in [-0.15, -0.1) is 0 Å². The summed E-state index contributed by atoms with van der Waals surface area (Å²) < 4.78 is 10.2. The van der Waals surface area contributed by atoms with Crippen molar-refractivity contribution in [2.45, 2.75) is 20.1 Å². The Morgan fingerprint density at radius 1 is 1.36 bits per heavy atom. The SMILES string of the molecule is C=CC(=O)OC(C)Oc1ccc(C(C)=C(C#N)C(=O)O)cc1. The van der Waals surface area contributed by atoms with Gasteiger partial charge in [0, 0.05) is 13.0 Å². The van der Waals surface area contributed by atoms with E-state index in [0.717, 1.165) is 6.08 Å². The van der Waals surface area contributed by atoms with Crippen molar-refractivity contribution < 1.29 is 24.2 Å². The largest absolute Gasteiger partial charge is 0.477 e. The molecule has 0 radical (unpaired) electrons. The molecule has 0 saturated heterocycles. The number of carbonyl (C=O) groups is 2. The molecule has 114 valence electrons. The summed E-state index contributed by atoms with van der Waals surface area (Å²) in [7, 11) is 0. The van der Waals surface area contributed by atoms with Crippen LogP contribution in [0.5, 0.6) is 5.75 Å². The van der Waals surface area contributed by atoms with Gasteiger partial charge in [0.25, 0.3) is 0 Å². The van der Waals surface area contributed by atoms with Crippen molar-refractivity contribution in [1.29, 1.82) is 5.26 Å². The second-order valence-electron chi connectivity index (χ2n) is 4.27. The van der Waals surface area contributed by atoms with Crippen LogP contribution in [0.25, 0.3) is 5.57 Å². The molecule has 1 aromatic carbocycles. The lowest BCUT2D eigenvalue weighted by Crippen LogP contribution is -2.19. The van der Waals surface area contributed by atoms with Crippen molar-refractivity contribution in [3.63, 3.8) is 0 Å². The third kappa shape index (κ3) is 4.49. The predicted molar refractivity (Wildman–Crippen MR) is 78.7 cm³/mol. The number of carboxylic acid groups (broad SMARTS) is 1. The first-order chi connectivity index (χ1) is 10.4. The predicted octanol–water partition coefficient (Wildman–Crippen LogP) is 2.52. The summed E-state index contributed by atoms with van der Waals surface area (Å²) in [5, 5.41) is 17.8. The summed E-state index contributed by atoms with van der Waals surface area (Å²) in [4.78, 5) is 21.9. The van der Waals surface area contributed by atoms with Crippen LogP contribution in [0, 0.1) is 11.3 Å². The Morgan fingerprint density at radius 2 is 1.95 bits per heavy atom. The second kappa shape index (κ2) is 7.64. The van der Waals surface area contributed by atoms with E-state index in [1.807, 2.05) is 0 Å². The average Bonchev–Trinajstić information content (AvgIpc) is 2.47. The monoisotopic (exact) mass is 301 g/mol. The van der Waals surface area contributed by atoms with E-state index in [2.05, 4.69) is 6.58 Å². The number of rotatable bonds is 6. The van der Waals surface area contributed by atoms with Crippen molar-refractivity contribution in [2.24, 2.45) is 0 Å². The van der Waals surface area contributed by atoms with Gasteiger partial charge >= 0.3 is 11.9 Å². The Bertz CT molecular complexity index is 652. The molecule has 22 heavy (non-hydrogen) atoms. The third-order valence-corrected chi connectivity index (χ3v) is 2.74. The fraction of sp³-hybridized carbons (Fsp3) is 0.188. The smallest absolute Gasteiger partial charge is 0.346 e. The zero-order valence-corrected chi connectivity index (χ0v) is 12.2. The number of ether oxygens (including phenoxy) is 2. The number of esters is 1. The number of allylic oxidation sites excluding steroid dienone is 1. The maximum absolute atomic E-state index is 11.0. The molecule has 1 rings (SSSR count). The van der Waals surface area contributed by atoms with Crippen molar-refractivity contribution in [2.75, 3.05) is 0 Å². The van der Waals surface area contributed by atoms with Gasteiger partial charge in [-0.25, -0.2) is 9.59 Å². The van der Waals surface area contributed by atoms with Crippen LogP contribution in [0.2, 0.25) is 0 Å². The normalized spacial score (nSPS) is 12.4. The standard InChI is InChI=1S/C16H15NO5/c1-4-15(18)22-11(3)21-13-7-5-12(6-8-13)10(2)14(9-17)16(19)20/h4-8,11H,1H2,2-3H3,(H,19,20). The Labute approximate surface area is 127 Å². The quantitative estimate of drug-likeness (QED) is 0.375. The Balaban J connectivity index is 2.88. The van der Waals surface area contributed by atoms with Crippen molar-refractivity contribution in [3.8, 4) is 11.8 Å². The zero-order valence-electron chi connectivity index (χ0n) is 12.2. The first-order valence-corrected chi connectivity index (χ1v) is 6.33. The molecule has 0 spiro atoms. The fourth-order valence-corrected chi connectivity index (χ4v) is 1.65. The highest BCUT2D eigenvalue weighted by atomic mass is 16.7. The Hall–Kier alpha value is -3.07. The molecule has 1 N–H and O–H groups in total. The van der Waals surface area contributed by atoms with Crippen molar-refractivity contribution >= 4 is 17.5 Å². The van der Waals surface area contributed by atoms with E-state index >= 15 is 0 Å². The summed E-state index contributed by atoms with van der Waals surface area (Å²) in [6.45, 7) is 6.39. The topological polar surface area (TPSA) is 96.6 Å². The van der Waals surface area contributed by atoms with E-state index < -0.39 is 18.2 Å². The lowest BCUT2D eigenvalue weighted by molar-refractivity contribution is -0.155. The van der Waals surface area contributed by atoms with Crippen LogP contribution in [0.3, 0.4) is 0 Å². The van der Waals surface area contributed by atoms with Gasteiger partial charge in [-0.2, -0.15) is 5.26 Å². The summed E-state index contributed by atoms with van der Waals surface area (Å²) >= 11 is 0. The summed E-state index contributed by atoms with van der Waals surface area (Å²) in [6.07, 6.45) is 0.244. The third-order valence-electron chi connectivity index (χ3n) is 2.74. The van der Waals surface area contributed by atoms with E-state index in [1.165, 1.54) is 0 Å². The van der Waals surface area contributed by atoms with Crippen LogP contribution in [-0.4, -0.2) is 23.3 Å². The minimum Gasteiger partial charge on any atom is -0.477 e. The molecule has 0 aliphatic carbocycles. The van der Waals surface area contributed by atoms with Crippen LogP contribution in [0.1, 0.15) is 19.4 Å². The highest BCUT2D eigenvalue weighted by Gasteiger charge is 2.13. The van der Waals surface area contributed by atoms with Crippen LogP contribution >= 0.6 is 0 Å². The number of hydrogen-bond donors (Lipinski definition) is 1. The van der Waals surface area contributed by atoms with E-state index in [9.17, 15) is 9.59 Å². The van der Waals surface area contributed by atoms with Gasteiger partial charge in [0.2, 0.25) is 6.29 Å². The van der Waals surface area contributed by atoms with E-state index in [4.69, 9.17) is 19.8 Å². The maximum Gasteiger partial charge on any atom is 0.346 e. The molecule has 1 atom stereocenters. The molecule has 0 bridgehead atoms. The first-order valence-electron chi connectivity index (χ1n) is 6.33. The number of aliphatic carboxylic acids is 1. The van der Waals surface area contributed by atoms with E-state index in [-0.39, 0.29) is 5.57 Å². The highest BCUT2D eigenvalue weighted by molar-refractivity contribution is 6.00. The first kappa shape index (κ1) is 17.0. The number of nitrogens with zero attached hydrogens (tertiary/aromatic N) is 1. The summed E-state index contributed by atoms with van der Waals surface area (Å²) in [5.41, 5.74) is 0.622. The van der Waals surface area contributed by atoms with Crippen LogP contribution in [-0.2, 0) is 14.3 Å². The minimum absolute atomic E-state index is 0.318. The molecule has 6 nitrogen and oxygen atoms in total. The molecule has 0 amide bonds. The number of benzene rings is 1. The van der Waals surface area contributed by atoms with Gasteiger partial charge in [-0.1, -0.05) is 18.7 Å². The number of nitriles is 1. The van der Waals surface area contributed by atoms with Gasteiger partial charge < -0.3 is 14.6 Å². The molecule has 0 heterocycles. The Kier molecular flexibility index (Phi) is 5.90. The lowest BCUT2D eigenvalue weighted by atomic mass is 10.0. The molecule has 0 saturated carbocycles. The molecule has 1 aromatic rings. The number of carbonyl (C=O) groups excluding carboxylic acids is 1. The molecule has 0 aromatic heterocycles. The lowest BCUT2D eigenvalue weighted by Gasteiger charge is -2.14. The summed E-state index contributed by atoms with van der Waals surface area (Å²) in [6, 6.07) is 8.08. The maximum atomic E-state index is 11.0. The molecular weight excluding hydrogens is 286 g/mol. The number of hydrogen-bond acceptors (Lipinski definition) is 5. The van der Waals surface area contributed by atoms with Gasteiger partial charge in [0.05, 0.1) is 0 Å². The number of carboxylic acids is 1. The molecule has 0 aliphatic heterocycles. The van der Waals surface area contributed by atoms with Gasteiger partial charge in [0.1, 0.15) is 17.4 Å². The molecule has 1 unspecified atom stereocenters. The van der Waals surface area contributed by atoms with Gasteiger partial charge in [-0.3, -0.25) is 0 Å². The van der Waals surface area contributed by atoms with Crippen molar-refractivity contribution in [1.82, 2.24) is 0 Å². The Morgan fingerprint density at radius 3 is 2.41 bits per heavy atom. The van der Waals surface area contributed by atoms with Crippen molar-refractivity contribution in [3.05, 3.63) is 48.1 Å².